The van der Waals surface area contributed by atoms with E-state index in [2.05, 4.69) is 32.4 Å². The van der Waals surface area contributed by atoms with E-state index in [0.717, 1.165) is 30.5 Å². The lowest BCUT2D eigenvalue weighted by Gasteiger charge is -2.26. The van der Waals surface area contributed by atoms with Crippen LogP contribution in [0, 0.1) is 0 Å². The second-order valence-electron chi connectivity index (χ2n) is 6.39. The standard InChI is InChI=1S/C18H33N5S/c1-3-16-14-21-17(24-16)15-22-18(19-2)20-10-6-4-7-11-23-12-8-5-9-13-23/h14H,3-13,15H2,1-2H3,(H2,19,20,22). The maximum Gasteiger partial charge on any atom is 0.191 e. The molecule has 1 aliphatic heterocycles. The SMILES string of the molecule is CCc1cnc(CNC(=NC)NCCCCCN2CCCCC2)s1. The van der Waals surface area contributed by atoms with Crippen molar-refractivity contribution >= 4 is 17.3 Å². The first-order valence-corrected chi connectivity index (χ1v) is 10.2. The van der Waals surface area contributed by atoms with E-state index in [-0.39, 0.29) is 0 Å². The predicted molar refractivity (Wildman–Crippen MR) is 104 cm³/mol. The number of piperidine rings is 1. The van der Waals surface area contributed by atoms with Gasteiger partial charge in [-0.3, -0.25) is 4.99 Å². The summed E-state index contributed by atoms with van der Waals surface area (Å²) in [5, 5.41) is 7.87. The van der Waals surface area contributed by atoms with Crippen molar-refractivity contribution in [2.45, 2.75) is 58.4 Å². The molecule has 6 heteroatoms. The minimum Gasteiger partial charge on any atom is -0.356 e. The molecule has 1 aromatic rings. The van der Waals surface area contributed by atoms with Gasteiger partial charge >= 0.3 is 0 Å². The van der Waals surface area contributed by atoms with Crippen LogP contribution in [0.4, 0.5) is 0 Å². The summed E-state index contributed by atoms with van der Waals surface area (Å²) in [5.74, 6) is 0.874. The Bertz CT molecular complexity index is 480. The Labute approximate surface area is 151 Å². The number of nitrogens with zero attached hydrogens (tertiary/aromatic N) is 3. The molecule has 24 heavy (non-hydrogen) atoms. The number of guanidine groups is 1. The summed E-state index contributed by atoms with van der Waals surface area (Å²) in [6.07, 6.45) is 11.0. The lowest BCUT2D eigenvalue weighted by atomic mass is 10.1. The molecule has 0 spiro atoms. The molecule has 0 bridgehead atoms. The smallest absolute Gasteiger partial charge is 0.191 e. The van der Waals surface area contributed by atoms with Crippen LogP contribution in [-0.4, -0.2) is 49.1 Å². The van der Waals surface area contributed by atoms with Crippen LogP contribution in [0.2, 0.25) is 0 Å². The molecule has 0 unspecified atom stereocenters. The molecular weight excluding hydrogens is 318 g/mol. The molecule has 1 fully saturated rings. The molecule has 2 N–H and O–H groups in total. The van der Waals surface area contributed by atoms with Gasteiger partial charge in [0.15, 0.2) is 5.96 Å². The highest BCUT2D eigenvalue weighted by molar-refractivity contribution is 7.11. The number of nitrogens with one attached hydrogen (secondary N) is 2. The average Bonchev–Trinajstić information content (AvgIpc) is 3.09. The quantitative estimate of drug-likeness (QED) is 0.408. The monoisotopic (exact) mass is 351 g/mol. The lowest BCUT2D eigenvalue weighted by Crippen LogP contribution is -2.37. The fraction of sp³-hybridized carbons (Fsp3) is 0.778. The maximum atomic E-state index is 4.43. The Balaban J connectivity index is 1.51. The van der Waals surface area contributed by atoms with E-state index in [1.165, 1.54) is 63.0 Å². The van der Waals surface area contributed by atoms with E-state index in [9.17, 15) is 0 Å². The number of hydrogen-bond donors (Lipinski definition) is 2. The van der Waals surface area contributed by atoms with E-state index < -0.39 is 0 Å². The summed E-state index contributed by atoms with van der Waals surface area (Å²) in [5.41, 5.74) is 0. The summed E-state index contributed by atoms with van der Waals surface area (Å²) in [6.45, 7) is 7.79. The minimum absolute atomic E-state index is 0.749. The van der Waals surface area contributed by atoms with Gasteiger partial charge in [-0.1, -0.05) is 19.8 Å². The van der Waals surface area contributed by atoms with Gasteiger partial charge in [-0.05, 0) is 51.7 Å². The van der Waals surface area contributed by atoms with E-state index in [0.29, 0.717) is 0 Å². The van der Waals surface area contributed by atoms with Crippen molar-refractivity contribution in [3.05, 3.63) is 16.1 Å². The molecule has 0 atom stereocenters. The predicted octanol–water partition coefficient (Wildman–Crippen LogP) is 3.03. The number of unbranched alkanes of at least 4 members (excludes halogenated alkanes) is 2. The van der Waals surface area contributed by atoms with Crippen molar-refractivity contribution in [3.8, 4) is 0 Å². The molecule has 2 rings (SSSR count). The molecule has 0 radical (unpaired) electrons. The van der Waals surface area contributed by atoms with Gasteiger partial charge in [0.05, 0.1) is 6.54 Å². The van der Waals surface area contributed by atoms with E-state index >= 15 is 0 Å². The fourth-order valence-corrected chi connectivity index (χ4v) is 3.80. The zero-order chi connectivity index (χ0) is 17.0. The average molecular weight is 352 g/mol. The molecule has 0 amide bonds. The number of aryl methyl sites for hydroxylation is 1. The van der Waals surface area contributed by atoms with Crippen LogP contribution in [0.15, 0.2) is 11.2 Å². The van der Waals surface area contributed by atoms with Crippen molar-refractivity contribution in [2.75, 3.05) is 33.2 Å². The van der Waals surface area contributed by atoms with Crippen molar-refractivity contribution in [3.63, 3.8) is 0 Å². The minimum atomic E-state index is 0.749. The molecule has 0 aliphatic carbocycles. The summed E-state index contributed by atoms with van der Waals surface area (Å²) in [7, 11) is 1.82. The van der Waals surface area contributed by atoms with E-state index in [4.69, 9.17) is 0 Å². The Hall–Kier alpha value is -1.14. The summed E-state index contributed by atoms with van der Waals surface area (Å²) >= 11 is 1.77. The molecular formula is C18H33N5S. The Morgan fingerprint density at radius 3 is 2.75 bits per heavy atom. The normalized spacial score (nSPS) is 16.3. The summed E-state index contributed by atoms with van der Waals surface area (Å²) in [6, 6.07) is 0. The van der Waals surface area contributed by atoms with Crippen LogP contribution < -0.4 is 10.6 Å². The fourth-order valence-electron chi connectivity index (χ4n) is 3.00. The largest absolute Gasteiger partial charge is 0.356 e. The third-order valence-electron chi connectivity index (χ3n) is 4.47. The molecule has 0 saturated carbocycles. The highest BCUT2D eigenvalue weighted by Crippen LogP contribution is 2.12. The zero-order valence-corrected chi connectivity index (χ0v) is 16.1. The van der Waals surface area contributed by atoms with Crippen molar-refractivity contribution in [2.24, 2.45) is 4.99 Å². The van der Waals surface area contributed by atoms with Gasteiger partial charge in [-0.15, -0.1) is 11.3 Å². The van der Waals surface area contributed by atoms with Crippen LogP contribution in [0.25, 0.3) is 0 Å². The Morgan fingerprint density at radius 1 is 1.21 bits per heavy atom. The van der Waals surface area contributed by atoms with Crippen LogP contribution in [0.5, 0.6) is 0 Å². The van der Waals surface area contributed by atoms with Gasteiger partial charge in [-0.25, -0.2) is 4.98 Å². The first-order chi connectivity index (χ1) is 11.8. The molecule has 2 heterocycles. The molecule has 1 saturated heterocycles. The van der Waals surface area contributed by atoms with Crippen molar-refractivity contribution in [1.29, 1.82) is 0 Å². The summed E-state index contributed by atoms with van der Waals surface area (Å²) in [4.78, 5) is 12.7. The van der Waals surface area contributed by atoms with Crippen LogP contribution in [-0.2, 0) is 13.0 Å². The first-order valence-electron chi connectivity index (χ1n) is 9.42. The number of hydrogen-bond acceptors (Lipinski definition) is 4. The second-order valence-corrected chi connectivity index (χ2v) is 7.59. The molecule has 1 aliphatic rings. The lowest BCUT2D eigenvalue weighted by molar-refractivity contribution is 0.224. The molecule has 5 nitrogen and oxygen atoms in total. The van der Waals surface area contributed by atoms with Crippen LogP contribution >= 0.6 is 11.3 Å². The topological polar surface area (TPSA) is 52.6 Å². The molecule has 136 valence electrons. The third kappa shape index (κ3) is 7.18. The van der Waals surface area contributed by atoms with Gasteiger partial charge in [0.2, 0.25) is 0 Å². The highest BCUT2D eigenvalue weighted by atomic mass is 32.1. The van der Waals surface area contributed by atoms with Gasteiger partial charge in [0, 0.05) is 24.7 Å². The summed E-state index contributed by atoms with van der Waals surface area (Å²) < 4.78 is 0. The molecule has 0 aromatic carbocycles. The number of rotatable bonds is 9. The Kier molecular flexibility index (Phi) is 9.13. The number of aromatic nitrogens is 1. The van der Waals surface area contributed by atoms with Crippen molar-refractivity contribution < 1.29 is 0 Å². The molecule has 1 aromatic heterocycles. The first kappa shape index (κ1) is 19.2. The number of aliphatic imine (C=N–C) groups is 1. The highest BCUT2D eigenvalue weighted by Gasteiger charge is 2.08. The van der Waals surface area contributed by atoms with E-state index in [1.807, 2.05) is 13.2 Å². The Morgan fingerprint density at radius 2 is 2.04 bits per heavy atom. The van der Waals surface area contributed by atoms with Gasteiger partial charge in [-0.2, -0.15) is 0 Å². The van der Waals surface area contributed by atoms with Crippen LogP contribution in [0.3, 0.4) is 0 Å². The van der Waals surface area contributed by atoms with Gasteiger partial charge in [0.25, 0.3) is 0 Å². The third-order valence-corrected chi connectivity index (χ3v) is 5.61. The zero-order valence-electron chi connectivity index (χ0n) is 15.3. The number of likely N-dealkylation sites (tertiary alicyclic amines) is 1. The maximum absolute atomic E-state index is 4.43. The van der Waals surface area contributed by atoms with Gasteiger partial charge in [0.1, 0.15) is 5.01 Å². The van der Waals surface area contributed by atoms with Crippen LogP contribution in [0.1, 0.15) is 55.3 Å². The van der Waals surface area contributed by atoms with Crippen molar-refractivity contribution in [1.82, 2.24) is 20.5 Å². The van der Waals surface area contributed by atoms with Gasteiger partial charge < -0.3 is 15.5 Å². The number of thiazole rings is 1. The van der Waals surface area contributed by atoms with E-state index in [1.54, 1.807) is 11.3 Å². The second kappa shape index (κ2) is 11.4.